The minimum atomic E-state index is -0.0688. The summed E-state index contributed by atoms with van der Waals surface area (Å²) in [7, 11) is 0. The van der Waals surface area contributed by atoms with Gasteiger partial charge in [-0.15, -0.1) is 0 Å². The fraction of sp³-hybridized carbons (Fsp3) is 0.533. The SMILES string of the molecule is O=C(NC1C2C3CCC(C3)C12)c1ccc(O)c(Cl)c1. The number of halogens is 1. The highest BCUT2D eigenvalue weighted by molar-refractivity contribution is 6.32. The van der Waals surface area contributed by atoms with Gasteiger partial charge in [-0.2, -0.15) is 0 Å². The van der Waals surface area contributed by atoms with Gasteiger partial charge in [0, 0.05) is 11.6 Å². The second-order valence-corrected chi connectivity index (χ2v) is 6.56. The van der Waals surface area contributed by atoms with Crippen molar-refractivity contribution in [2.24, 2.45) is 23.7 Å². The molecule has 4 atom stereocenters. The van der Waals surface area contributed by atoms with Gasteiger partial charge in [0.1, 0.15) is 5.75 Å². The summed E-state index contributed by atoms with van der Waals surface area (Å²) in [5.41, 5.74) is 0.528. The third kappa shape index (κ3) is 1.68. The molecule has 0 spiro atoms. The van der Waals surface area contributed by atoms with Gasteiger partial charge < -0.3 is 10.4 Å². The summed E-state index contributed by atoms with van der Waals surface area (Å²) >= 11 is 5.83. The maximum Gasteiger partial charge on any atom is 0.251 e. The van der Waals surface area contributed by atoms with E-state index in [1.54, 1.807) is 6.07 Å². The summed E-state index contributed by atoms with van der Waals surface area (Å²) in [4.78, 5) is 12.2. The Morgan fingerprint density at radius 3 is 2.58 bits per heavy atom. The molecule has 0 aromatic heterocycles. The molecule has 1 aromatic carbocycles. The van der Waals surface area contributed by atoms with Crippen molar-refractivity contribution in [3.8, 4) is 5.75 Å². The van der Waals surface area contributed by atoms with Crippen molar-refractivity contribution < 1.29 is 9.90 Å². The number of rotatable bonds is 2. The first-order valence-electron chi connectivity index (χ1n) is 6.94. The van der Waals surface area contributed by atoms with Gasteiger partial charge in [0.15, 0.2) is 0 Å². The van der Waals surface area contributed by atoms with Crippen molar-refractivity contribution in [3.63, 3.8) is 0 Å². The van der Waals surface area contributed by atoms with E-state index in [1.807, 2.05) is 0 Å². The third-order valence-electron chi connectivity index (χ3n) is 5.24. The highest BCUT2D eigenvalue weighted by atomic mass is 35.5. The molecular formula is C15H16ClNO2. The van der Waals surface area contributed by atoms with Crippen LogP contribution in [0.1, 0.15) is 29.6 Å². The van der Waals surface area contributed by atoms with Gasteiger partial charge in [-0.3, -0.25) is 4.79 Å². The van der Waals surface area contributed by atoms with Crippen LogP contribution in [0.4, 0.5) is 0 Å². The van der Waals surface area contributed by atoms with Crippen LogP contribution < -0.4 is 5.32 Å². The monoisotopic (exact) mass is 277 g/mol. The lowest BCUT2D eigenvalue weighted by Crippen LogP contribution is -2.29. The highest BCUT2D eigenvalue weighted by Crippen LogP contribution is 2.65. The number of aromatic hydroxyl groups is 1. The lowest BCUT2D eigenvalue weighted by atomic mass is 10.0. The molecular weight excluding hydrogens is 262 g/mol. The average molecular weight is 278 g/mol. The van der Waals surface area contributed by atoms with Crippen LogP contribution in [-0.2, 0) is 0 Å². The largest absolute Gasteiger partial charge is 0.506 e. The maximum atomic E-state index is 12.2. The van der Waals surface area contributed by atoms with Crippen LogP contribution >= 0.6 is 11.6 Å². The molecule has 4 rings (SSSR count). The van der Waals surface area contributed by atoms with E-state index < -0.39 is 0 Å². The number of hydrogen-bond donors (Lipinski definition) is 2. The maximum absolute atomic E-state index is 12.2. The summed E-state index contributed by atoms with van der Waals surface area (Å²) in [6.45, 7) is 0. The summed E-state index contributed by atoms with van der Waals surface area (Å²) in [5, 5.41) is 12.7. The van der Waals surface area contributed by atoms with Crippen LogP contribution in [0.2, 0.25) is 5.02 Å². The zero-order chi connectivity index (χ0) is 13.1. The molecule has 3 aliphatic carbocycles. The molecule has 2 bridgehead atoms. The fourth-order valence-corrected chi connectivity index (χ4v) is 4.58. The lowest BCUT2D eigenvalue weighted by Gasteiger charge is -2.11. The number of carbonyl (C=O) groups is 1. The first kappa shape index (κ1) is 11.6. The molecule has 0 aliphatic heterocycles. The molecule has 100 valence electrons. The van der Waals surface area contributed by atoms with Crippen LogP contribution in [-0.4, -0.2) is 17.1 Å². The van der Waals surface area contributed by atoms with Crippen molar-refractivity contribution in [1.29, 1.82) is 0 Å². The molecule has 1 aromatic rings. The van der Waals surface area contributed by atoms with Crippen LogP contribution in [0.15, 0.2) is 18.2 Å². The molecule has 0 radical (unpaired) electrons. The van der Waals surface area contributed by atoms with Crippen LogP contribution in [0.25, 0.3) is 0 Å². The Morgan fingerprint density at radius 1 is 1.26 bits per heavy atom. The van der Waals surface area contributed by atoms with Gasteiger partial charge in [0.25, 0.3) is 5.91 Å². The zero-order valence-corrected chi connectivity index (χ0v) is 11.2. The van der Waals surface area contributed by atoms with E-state index in [0.717, 1.165) is 23.7 Å². The van der Waals surface area contributed by atoms with Crippen molar-refractivity contribution in [1.82, 2.24) is 5.32 Å². The standard InChI is InChI=1S/C15H16ClNO2/c16-10-6-9(3-4-11(10)18)15(19)17-14-12-7-1-2-8(5-7)13(12)14/h3-4,6-8,12-14,18H,1-2,5H2,(H,17,19). The Hall–Kier alpha value is -1.22. The summed E-state index contributed by atoms with van der Waals surface area (Å²) in [6.07, 6.45) is 4.08. The average Bonchev–Trinajstić information content (AvgIpc) is 2.81. The molecule has 3 fully saturated rings. The number of carbonyl (C=O) groups excluding carboxylic acids is 1. The number of nitrogens with one attached hydrogen (secondary N) is 1. The van der Waals surface area contributed by atoms with E-state index in [0.29, 0.717) is 11.6 Å². The molecule has 0 heterocycles. The lowest BCUT2D eigenvalue weighted by molar-refractivity contribution is 0.0944. The van der Waals surface area contributed by atoms with Gasteiger partial charge in [0.2, 0.25) is 0 Å². The van der Waals surface area contributed by atoms with Gasteiger partial charge in [-0.1, -0.05) is 11.6 Å². The Balaban J connectivity index is 1.46. The second-order valence-electron chi connectivity index (χ2n) is 6.15. The number of phenols is 1. The highest BCUT2D eigenvalue weighted by Gasteiger charge is 2.65. The van der Waals surface area contributed by atoms with Gasteiger partial charge in [0.05, 0.1) is 5.02 Å². The van der Waals surface area contributed by atoms with E-state index in [1.165, 1.54) is 31.4 Å². The Morgan fingerprint density at radius 2 is 1.95 bits per heavy atom. The molecule has 3 aliphatic rings. The molecule has 3 saturated carbocycles. The number of fused-ring (bicyclic) bond motifs is 5. The molecule has 0 saturated heterocycles. The predicted octanol–water partition coefficient (Wildman–Crippen LogP) is 2.82. The quantitative estimate of drug-likeness (QED) is 0.873. The normalized spacial score (nSPS) is 38.1. The third-order valence-corrected chi connectivity index (χ3v) is 5.55. The van der Waals surface area contributed by atoms with E-state index in [-0.39, 0.29) is 16.7 Å². The minimum absolute atomic E-state index is 0.0135. The molecule has 3 nitrogen and oxygen atoms in total. The van der Waals surface area contributed by atoms with Gasteiger partial charge in [-0.05, 0) is 61.1 Å². The molecule has 4 unspecified atom stereocenters. The van der Waals surface area contributed by atoms with Crippen molar-refractivity contribution in [2.45, 2.75) is 25.3 Å². The van der Waals surface area contributed by atoms with Crippen LogP contribution in [0, 0.1) is 23.7 Å². The Kier molecular flexibility index (Phi) is 2.37. The summed E-state index contributed by atoms with van der Waals surface area (Å²) < 4.78 is 0. The molecule has 2 N–H and O–H groups in total. The summed E-state index contributed by atoms with van der Waals surface area (Å²) in [6, 6.07) is 4.99. The predicted molar refractivity (Wildman–Crippen MR) is 72.2 cm³/mol. The minimum Gasteiger partial charge on any atom is -0.506 e. The van der Waals surface area contributed by atoms with E-state index in [9.17, 15) is 9.90 Å². The number of hydrogen-bond acceptors (Lipinski definition) is 2. The van der Waals surface area contributed by atoms with Gasteiger partial charge >= 0.3 is 0 Å². The number of phenolic OH excluding ortho intramolecular Hbond substituents is 1. The van der Waals surface area contributed by atoms with E-state index >= 15 is 0 Å². The Labute approximate surface area is 117 Å². The van der Waals surface area contributed by atoms with E-state index in [2.05, 4.69) is 5.32 Å². The second kappa shape index (κ2) is 3.89. The Bertz CT molecular complexity index is 543. The van der Waals surface area contributed by atoms with E-state index in [4.69, 9.17) is 11.6 Å². The smallest absolute Gasteiger partial charge is 0.251 e. The zero-order valence-electron chi connectivity index (χ0n) is 10.5. The first-order valence-corrected chi connectivity index (χ1v) is 7.32. The van der Waals surface area contributed by atoms with Crippen molar-refractivity contribution >= 4 is 17.5 Å². The number of amides is 1. The molecule has 4 heteroatoms. The molecule has 1 amide bonds. The van der Waals surface area contributed by atoms with Gasteiger partial charge in [-0.25, -0.2) is 0 Å². The molecule has 19 heavy (non-hydrogen) atoms. The number of benzene rings is 1. The topological polar surface area (TPSA) is 49.3 Å². The first-order chi connectivity index (χ1) is 9.15. The summed E-state index contributed by atoms with van der Waals surface area (Å²) in [5.74, 6) is 3.11. The fourth-order valence-electron chi connectivity index (χ4n) is 4.40. The van der Waals surface area contributed by atoms with Crippen molar-refractivity contribution in [3.05, 3.63) is 28.8 Å². The van der Waals surface area contributed by atoms with Crippen molar-refractivity contribution in [2.75, 3.05) is 0 Å². The van der Waals surface area contributed by atoms with Crippen LogP contribution in [0.5, 0.6) is 5.75 Å². The van der Waals surface area contributed by atoms with Crippen LogP contribution in [0.3, 0.4) is 0 Å².